The van der Waals surface area contributed by atoms with E-state index in [9.17, 15) is 4.79 Å². The molecule has 15 heavy (non-hydrogen) atoms. The molecule has 0 aliphatic carbocycles. The number of amides is 1. The van der Waals surface area contributed by atoms with Crippen LogP contribution in [-0.2, 0) is 11.2 Å². The third kappa shape index (κ3) is 4.98. The molecule has 1 aromatic rings. The van der Waals surface area contributed by atoms with Crippen molar-refractivity contribution in [2.45, 2.75) is 45.6 Å². The Labute approximate surface area is 95.7 Å². The molecule has 0 saturated heterocycles. The molecule has 0 fully saturated rings. The molecule has 1 unspecified atom stereocenters. The number of aryl methyl sites for hydroxylation is 1. The molecule has 0 aliphatic heterocycles. The summed E-state index contributed by atoms with van der Waals surface area (Å²) in [5.74, 6) is 0.181. The van der Waals surface area contributed by atoms with Gasteiger partial charge in [0, 0.05) is 17.3 Å². The van der Waals surface area contributed by atoms with Gasteiger partial charge in [-0.05, 0) is 37.6 Å². The Morgan fingerprint density at radius 3 is 3.00 bits per heavy atom. The SMILES string of the molecule is CCC(C)NC(=O)CCCc1cccs1. The largest absolute Gasteiger partial charge is 0.354 e. The molecule has 0 radical (unpaired) electrons. The van der Waals surface area contributed by atoms with Crippen LogP contribution in [0.2, 0.25) is 0 Å². The van der Waals surface area contributed by atoms with Crippen molar-refractivity contribution < 1.29 is 4.79 Å². The zero-order valence-electron chi connectivity index (χ0n) is 9.45. The van der Waals surface area contributed by atoms with Crippen LogP contribution in [0.3, 0.4) is 0 Å². The second kappa shape index (κ2) is 6.62. The quantitative estimate of drug-likeness (QED) is 0.792. The molecular weight excluding hydrogens is 206 g/mol. The van der Waals surface area contributed by atoms with E-state index in [1.165, 1.54) is 4.88 Å². The average molecular weight is 225 g/mol. The zero-order chi connectivity index (χ0) is 11.1. The third-order valence-corrected chi connectivity index (χ3v) is 3.36. The summed E-state index contributed by atoms with van der Waals surface area (Å²) in [7, 11) is 0. The lowest BCUT2D eigenvalue weighted by Crippen LogP contribution is -2.31. The predicted molar refractivity (Wildman–Crippen MR) is 65.2 cm³/mol. The van der Waals surface area contributed by atoms with Crippen molar-refractivity contribution in [3.05, 3.63) is 22.4 Å². The van der Waals surface area contributed by atoms with E-state index in [-0.39, 0.29) is 5.91 Å². The maximum atomic E-state index is 11.4. The van der Waals surface area contributed by atoms with Crippen molar-refractivity contribution in [1.82, 2.24) is 5.32 Å². The summed E-state index contributed by atoms with van der Waals surface area (Å²) in [5, 5.41) is 5.05. The van der Waals surface area contributed by atoms with E-state index in [0.717, 1.165) is 19.3 Å². The Bertz CT molecular complexity index is 282. The van der Waals surface area contributed by atoms with Crippen molar-refractivity contribution in [2.75, 3.05) is 0 Å². The second-order valence-electron chi connectivity index (χ2n) is 3.81. The van der Waals surface area contributed by atoms with Gasteiger partial charge in [-0.2, -0.15) is 0 Å². The van der Waals surface area contributed by atoms with Crippen molar-refractivity contribution >= 4 is 17.2 Å². The summed E-state index contributed by atoms with van der Waals surface area (Å²) < 4.78 is 0. The van der Waals surface area contributed by atoms with Crippen molar-refractivity contribution in [3.63, 3.8) is 0 Å². The summed E-state index contributed by atoms with van der Waals surface area (Å²) in [6.45, 7) is 4.12. The van der Waals surface area contributed by atoms with E-state index in [0.29, 0.717) is 12.5 Å². The van der Waals surface area contributed by atoms with Gasteiger partial charge in [0.15, 0.2) is 0 Å². The molecule has 1 aromatic heterocycles. The highest BCUT2D eigenvalue weighted by Crippen LogP contribution is 2.11. The Balaban J connectivity index is 2.12. The molecule has 0 spiro atoms. The first-order valence-corrected chi connectivity index (χ1v) is 6.42. The highest BCUT2D eigenvalue weighted by Gasteiger charge is 2.05. The van der Waals surface area contributed by atoms with Gasteiger partial charge < -0.3 is 5.32 Å². The molecule has 1 heterocycles. The van der Waals surface area contributed by atoms with Crippen LogP contribution in [0.1, 0.15) is 38.0 Å². The number of carbonyl (C=O) groups excluding carboxylic acids is 1. The average Bonchev–Trinajstić information content (AvgIpc) is 2.70. The van der Waals surface area contributed by atoms with Crippen LogP contribution in [0.5, 0.6) is 0 Å². The monoisotopic (exact) mass is 225 g/mol. The maximum absolute atomic E-state index is 11.4. The predicted octanol–water partition coefficient (Wildman–Crippen LogP) is 2.99. The summed E-state index contributed by atoms with van der Waals surface area (Å²) in [4.78, 5) is 12.8. The maximum Gasteiger partial charge on any atom is 0.220 e. The van der Waals surface area contributed by atoms with Crippen molar-refractivity contribution in [2.24, 2.45) is 0 Å². The first-order valence-electron chi connectivity index (χ1n) is 5.54. The Morgan fingerprint density at radius 2 is 2.40 bits per heavy atom. The number of hydrogen-bond acceptors (Lipinski definition) is 2. The zero-order valence-corrected chi connectivity index (χ0v) is 10.3. The van der Waals surface area contributed by atoms with Crippen LogP contribution in [0.4, 0.5) is 0 Å². The van der Waals surface area contributed by atoms with Crippen molar-refractivity contribution in [1.29, 1.82) is 0 Å². The van der Waals surface area contributed by atoms with Gasteiger partial charge in [0.25, 0.3) is 0 Å². The normalized spacial score (nSPS) is 12.4. The Hall–Kier alpha value is -0.830. The first-order chi connectivity index (χ1) is 7.22. The lowest BCUT2D eigenvalue weighted by atomic mass is 10.2. The second-order valence-corrected chi connectivity index (χ2v) is 4.84. The number of nitrogens with one attached hydrogen (secondary N) is 1. The lowest BCUT2D eigenvalue weighted by Gasteiger charge is -2.10. The molecule has 2 nitrogen and oxygen atoms in total. The fourth-order valence-electron chi connectivity index (χ4n) is 1.33. The highest BCUT2D eigenvalue weighted by molar-refractivity contribution is 7.09. The molecule has 0 aliphatic rings. The number of carbonyl (C=O) groups is 1. The summed E-state index contributed by atoms with van der Waals surface area (Å²) in [6, 6.07) is 4.48. The summed E-state index contributed by atoms with van der Waals surface area (Å²) in [5.41, 5.74) is 0. The molecule has 3 heteroatoms. The van der Waals surface area contributed by atoms with Gasteiger partial charge in [0.1, 0.15) is 0 Å². The minimum atomic E-state index is 0.181. The first kappa shape index (κ1) is 12.2. The molecule has 1 amide bonds. The van der Waals surface area contributed by atoms with E-state index in [1.54, 1.807) is 11.3 Å². The van der Waals surface area contributed by atoms with Crippen LogP contribution in [0.15, 0.2) is 17.5 Å². The minimum absolute atomic E-state index is 0.181. The molecule has 84 valence electrons. The van der Waals surface area contributed by atoms with E-state index in [1.807, 2.05) is 6.92 Å². The molecule has 1 rings (SSSR count). The summed E-state index contributed by atoms with van der Waals surface area (Å²) in [6.07, 6.45) is 3.60. The Morgan fingerprint density at radius 1 is 1.60 bits per heavy atom. The number of thiophene rings is 1. The van der Waals surface area contributed by atoms with Gasteiger partial charge in [-0.15, -0.1) is 11.3 Å². The third-order valence-electron chi connectivity index (χ3n) is 2.43. The van der Waals surface area contributed by atoms with Gasteiger partial charge in [-0.3, -0.25) is 4.79 Å². The van der Waals surface area contributed by atoms with Crippen LogP contribution >= 0.6 is 11.3 Å². The van der Waals surface area contributed by atoms with Crippen molar-refractivity contribution in [3.8, 4) is 0 Å². The minimum Gasteiger partial charge on any atom is -0.354 e. The smallest absolute Gasteiger partial charge is 0.220 e. The molecule has 1 N–H and O–H groups in total. The van der Waals surface area contributed by atoms with Gasteiger partial charge in [-0.1, -0.05) is 13.0 Å². The fraction of sp³-hybridized carbons (Fsp3) is 0.583. The van der Waals surface area contributed by atoms with Crippen LogP contribution in [0, 0.1) is 0 Å². The van der Waals surface area contributed by atoms with Crippen LogP contribution in [-0.4, -0.2) is 11.9 Å². The van der Waals surface area contributed by atoms with E-state index < -0.39 is 0 Å². The van der Waals surface area contributed by atoms with Crippen LogP contribution in [0.25, 0.3) is 0 Å². The van der Waals surface area contributed by atoms with E-state index >= 15 is 0 Å². The van der Waals surface area contributed by atoms with Gasteiger partial charge >= 0.3 is 0 Å². The lowest BCUT2D eigenvalue weighted by molar-refractivity contribution is -0.121. The number of rotatable bonds is 6. The Kier molecular flexibility index (Phi) is 5.40. The molecule has 0 saturated carbocycles. The standard InChI is InChI=1S/C12H19NOS/c1-3-10(2)13-12(14)8-4-6-11-7-5-9-15-11/h5,7,9-10H,3-4,6,8H2,1-2H3,(H,13,14). The topological polar surface area (TPSA) is 29.1 Å². The van der Waals surface area contributed by atoms with Gasteiger partial charge in [0.05, 0.1) is 0 Å². The molecular formula is C12H19NOS. The number of hydrogen-bond donors (Lipinski definition) is 1. The van der Waals surface area contributed by atoms with Gasteiger partial charge in [0.2, 0.25) is 5.91 Å². The molecule has 1 atom stereocenters. The van der Waals surface area contributed by atoms with E-state index in [2.05, 4.69) is 29.8 Å². The molecule has 0 bridgehead atoms. The van der Waals surface area contributed by atoms with Crippen LogP contribution < -0.4 is 5.32 Å². The van der Waals surface area contributed by atoms with E-state index in [4.69, 9.17) is 0 Å². The van der Waals surface area contributed by atoms with Gasteiger partial charge in [-0.25, -0.2) is 0 Å². The highest BCUT2D eigenvalue weighted by atomic mass is 32.1. The molecule has 0 aromatic carbocycles. The summed E-state index contributed by atoms with van der Waals surface area (Å²) >= 11 is 1.76. The fourth-order valence-corrected chi connectivity index (χ4v) is 2.08.